The molecule has 21 heavy (non-hydrogen) atoms. The van der Waals surface area contributed by atoms with Gasteiger partial charge in [0.15, 0.2) is 0 Å². The van der Waals surface area contributed by atoms with E-state index < -0.39 is 5.82 Å². The fraction of sp³-hybridized carbons (Fsp3) is 0.312. The molecule has 0 aliphatic heterocycles. The van der Waals surface area contributed by atoms with E-state index in [0.717, 1.165) is 5.69 Å². The predicted molar refractivity (Wildman–Crippen MR) is 80.3 cm³/mol. The van der Waals surface area contributed by atoms with E-state index in [2.05, 4.69) is 4.98 Å². The zero-order valence-corrected chi connectivity index (χ0v) is 12.9. The highest BCUT2D eigenvalue weighted by atomic mass is 35.5. The molecule has 2 aromatic rings. The highest BCUT2D eigenvalue weighted by molar-refractivity contribution is 6.30. The summed E-state index contributed by atoms with van der Waals surface area (Å²) in [7, 11) is 0. The van der Waals surface area contributed by atoms with Crippen molar-refractivity contribution in [3.63, 3.8) is 0 Å². The summed E-state index contributed by atoms with van der Waals surface area (Å²) in [5, 5.41) is 9.33. The average Bonchev–Trinajstić information content (AvgIpc) is 2.41. The van der Waals surface area contributed by atoms with Gasteiger partial charge in [-0.15, -0.1) is 0 Å². The lowest BCUT2D eigenvalue weighted by Gasteiger charge is -2.19. The Morgan fingerprint density at radius 2 is 1.95 bits per heavy atom. The van der Waals surface area contributed by atoms with Crippen LogP contribution in [0.2, 0.25) is 5.02 Å². The van der Waals surface area contributed by atoms with Gasteiger partial charge in [-0.05, 0) is 23.8 Å². The highest BCUT2D eigenvalue weighted by Gasteiger charge is 2.18. The monoisotopic (exact) mass is 309 g/mol. The number of hydrogen-bond acceptors (Lipinski definition) is 3. The molecule has 0 saturated carbocycles. The maximum absolute atomic E-state index is 13.1. The number of rotatable bonds is 3. The molecule has 2 rings (SSSR count). The van der Waals surface area contributed by atoms with Crippen LogP contribution in [-0.4, -0.2) is 10.1 Å². The molecule has 1 heterocycles. The summed E-state index contributed by atoms with van der Waals surface area (Å²) in [6.45, 7) is 5.96. The Morgan fingerprint density at radius 3 is 2.52 bits per heavy atom. The lowest BCUT2D eigenvalue weighted by Crippen LogP contribution is -2.14. The number of hydrogen-bond donors (Lipinski definition) is 1. The molecule has 112 valence electrons. The molecule has 1 aromatic carbocycles. The van der Waals surface area contributed by atoms with Crippen LogP contribution >= 0.6 is 11.6 Å². The molecule has 0 aliphatic rings. The van der Waals surface area contributed by atoms with Crippen molar-refractivity contribution in [3.05, 3.63) is 52.4 Å². The summed E-state index contributed by atoms with van der Waals surface area (Å²) in [6, 6.07) is 7.58. The standard InChI is InChI=1S/C16H17ClFNO2/c1-16(2,3)14-6-10(9-20)7-15(19-14)21-11-4-5-13(18)12(17)8-11/h4-8,20H,9H2,1-3H3. The van der Waals surface area contributed by atoms with Gasteiger partial charge in [-0.2, -0.15) is 0 Å². The minimum atomic E-state index is -0.503. The first-order chi connectivity index (χ1) is 9.79. The van der Waals surface area contributed by atoms with Gasteiger partial charge in [-0.1, -0.05) is 32.4 Å². The van der Waals surface area contributed by atoms with E-state index in [9.17, 15) is 9.50 Å². The smallest absolute Gasteiger partial charge is 0.219 e. The van der Waals surface area contributed by atoms with Gasteiger partial charge < -0.3 is 9.84 Å². The van der Waals surface area contributed by atoms with E-state index >= 15 is 0 Å². The number of pyridine rings is 1. The van der Waals surface area contributed by atoms with E-state index in [0.29, 0.717) is 17.2 Å². The molecule has 0 aliphatic carbocycles. The van der Waals surface area contributed by atoms with Crippen LogP contribution in [0.5, 0.6) is 11.6 Å². The first-order valence-electron chi connectivity index (χ1n) is 6.55. The van der Waals surface area contributed by atoms with E-state index in [1.54, 1.807) is 6.07 Å². The quantitative estimate of drug-likeness (QED) is 0.910. The van der Waals surface area contributed by atoms with E-state index in [-0.39, 0.29) is 17.0 Å². The summed E-state index contributed by atoms with van der Waals surface area (Å²) in [4.78, 5) is 4.43. The Morgan fingerprint density at radius 1 is 1.24 bits per heavy atom. The summed E-state index contributed by atoms with van der Waals surface area (Å²) in [5.74, 6) is 0.231. The maximum atomic E-state index is 13.1. The van der Waals surface area contributed by atoms with Crippen LogP contribution < -0.4 is 4.74 Å². The van der Waals surface area contributed by atoms with Crippen molar-refractivity contribution < 1.29 is 14.2 Å². The van der Waals surface area contributed by atoms with Gasteiger partial charge in [0.2, 0.25) is 5.88 Å². The second-order valence-corrected chi connectivity index (χ2v) is 6.19. The third-order valence-electron chi connectivity index (χ3n) is 2.93. The maximum Gasteiger partial charge on any atom is 0.219 e. The van der Waals surface area contributed by atoms with Crippen LogP contribution in [-0.2, 0) is 12.0 Å². The molecule has 5 heteroatoms. The molecule has 1 aromatic heterocycles. The topological polar surface area (TPSA) is 42.4 Å². The third kappa shape index (κ3) is 3.93. The lowest BCUT2D eigenvalue weighted by atomic mass is 9.91. The molecular weight excluding hydrogens is 293 g/mol. The van der Waals surface area contributed by atoms with Crippen molar-refractivity contribution in [2.45, 2.75) is 32.8 Å². The number of halogens is 2. The predicted octanol–water partition coefficient (Wildman–Crippen LogP) is 4.46. The molecule has 0 atom stereocenters. The zero-order chi connectivity index (χ0) is 15.6. The first-order valence-corrected chi connectivity index (χ1v) is 6.92. The molecular formula is C16H17ClFNO2. The molecule has 1 N–H and O–H groups in total. The van der Waals surface area contributed by atoms with Gasteiger partial charge in [0, 0.05) is 17.5 Å². The van der Waals surface area contributed by atoms with Crippen molar-refractivity contribution in [1.29, 1.82) is 0 Å². The summed E-state index contributed by atoms with van der Waals surface area (Å²) in [5.41, 5.74) is 1.33. The van der Waals surface area contributed by atoms with Crippen LogP contribution in [0.4, 0.5) is 4.39 Å². The molecule has 0 amide bonds. The van der Waals surface area contributed by atoms with Crippen molar-refractivity contribution in [2.24, 2.45) is 0 Å². The van der Waals surface area contributed by atoms with Gasteiger partial charge in [-0.25, -0.2) is 9.37 Å². The Hall–Kier alpha value is -1.65. The number of nitrogens with zero attached hydrogens (tertiary/aromatic N) is 1. The number of ether oxygens (including phenoxy) is 1. The average molecular weight is 310 g/mol. The van der Waals surface area contributed by atoms with Crippen LogP contribution in [0, 0.1) is 5.82 Å². The molecule has 0 radical (unpaired) electrons. The Bertz CT molecular complexity index is 653. The van der Waals surface area contributed by atoms with Crippen LogP contribution in [0.3, 0.4) is 0 Å². The number of aliphatic hydroxyl groups excluding tert-OH is 1. The highest BCUT2D eigenvalue weighted by Crippen LogP contribution is 2.28. The minimum absolute atomic E-state index is 0.0122. The largest absolute Gasteiger partial charge is 0.439 e. The second-order valence-electron chi connectivity index (χ2n) is 5.78. The lowest BCUT2D eigenvalue weighted by molar-refractivity contribution is 0.280. The normalized spacial score (nSPS) is 11.5. The van der Waals surface area contributed by atoms with Crippen molar-refractivity contribution in [3.8, 4) is 11.6 Å². The fourth-order valence-electron chi connectivity index (χ4n) is 1.75. The number of aromatic nitrogens is 1. The van der Waals surface area contributed by atoms with Crippen LogP contribution in [0.1, 0.15) is 32.0 Å². The fourth-order valence-corrected chi connectivity index (χ4v) is 1.92. The van der Waals surface area contributed by atoms with Gasteiger partial charge in [-0.3, -0.25) is 0 Å². The third-order valence-corrected chi connectivity index (χ3v) is 3.22. The van der Waals surface area contributed by atoms with E-state index in [4.69, 9.17) is 16.3 Å². The Labute approximate surface area is 128 Å². The SMILES string of the molecule is CC(C)(C)c1cc(CO)cc(Oc2ccc(F)c(Cl)c2)n1. The van der Waals surface area contributed by atoms with Gasteiger partial charge in [0.05, 0.1) is 17.3 Å². The van der Waals surface area contributed by atoms with Crippen LogP contribution in [0.25, 0.3) is 0 Å². The van der Waals surface area contributed by atoms with E-state index in [1.807, 2.05) is 26.8 Å². The molecule has 3 nitrogen and oxygen atoms in total. The second kappa shape index (κ2) is 6.00. The van der Waals surface area contributed by atoms with Crippen molar-refractivity contribution in [2.75, 3.05) is 0 Å². The van der Waals surface area contributed by atoms with Gasteiger partial charge in [0.25, 0.3) is 0 Å². The Kier molecular flexibility index (Phi) is 4.49. The molecule has 0 fully saturated rings. The summed E-state index contributed by atoms with van der Waals surface area (Å²) in [6.07, 6.45) is 0. The number of benzene rings is 1. The molecule has 0 spiro atoms. The number of aliphatic hydroxyl groups is 1. The van der Waals surface area contributed by atoms with Crippen molar-refractivity contribution in [1.82, 2.24) is 4.98 Å². The van der Waals surface area contributed by atoms with Gasteiger partial charge in [0.1, 0.15) is 11.6 Å². The zero-order valence-electron chi connectivity index (χ0n) is 12.2. The minimum Gasteiger partial charge on any atom is -0.439 e. The van der Waals surface area contributed by atoms with Crippen molar-refractivity contribution >= 4 is 11.6 Å². The molecule has 0 unspecified atom stereocenters. The molecule has 0 bridgehead atoms. The summed E-state index contributed by atoms with van der Waals surface area (Å²) >= 11 is 5.73. The van der Waals surface area contributed by atoms with Gasteiger partial charge >= 0.3 is 0 Å². The Balaban J connectivity index is 2.36. The summed E-state index contributed by atoms with van der Waals surface area (Å²) < 4.78 is 18.8. The van der Waals surface area contributed by atoms with E-state index in [1.165, 1.54) is 18.2 Å². The first kappa shape index (κ1) is 15.7. The van der Waals surface area contributed by atoms with Crippen LogP contribution in [0.15, 0.2) is 30.3 Å². The molecule has 0 saturated heterocycles.